The summed E-state index contributed by atoms with van der Waals surface area (Å²) in [6.45, 7) is -8.39. The Bertz CT molecular complexity index is 901. The zero-order valence-corrected chi connectivity index (χ0v) is 15.1. The largest absolute Gasteiger partial charge is 0.484 e. The first-order valence-corrected chi connectivity index (χ1v) is 8.52. The van der Waals surface area contributed by atoms with Gasteiger partial charge in [0, 0.05) is 13.1 Å². The number of carbonyl (C=O) groups is 1. The van der Waals surface area contributed by atoms with Gasteiger partial charge in [-0.2, -0.15) is 26.3 Å². The first kappa shape index (κ1) is 18.1. The summed E-state index contributed by atoms with van der Waals surface area (Å²) in [5.41, 5.74) is -0.856. The average Bonchev–Trinajstić information content (AvgIpc) is 2.71. The Hall–Kier alpha value is -2.73. The number of halogens is 6. The van der Waals surface area contributed by atoms with Crippen LogP contribution < -0.4 is 14.8 Å². The van der Waals surface area contributed by atoms with Gasteiger partial charge in [0.15, 0.2) is 13.1 Å². The van der Waals surface area contributed by atoms with E-state index in [0.29, 0.717) is 44.0 Å². The van der Waals surface area contributed by atoms with Gasteiger partial charge in [-0.1, -0.05) is 0 Å². The maximum absolute atomic E-state index is 12.9. The number of nitroso groups, excluding NO2 is 1. The third-order valence-corrected chi connectivity index (χ3v) is 3.96. The summed E-state index contributed by atoms with van der Waals surface area (Å²) >= 11 is 0. The SMILES string of the molecule is [2H]C([2H])(Oc1ccc(OC([2H])([2H])C(F)(F)F)c(C(=O)NCC2CCCCN2N=O)c1)C(F)(F)F. The van der Waals surface area contributed by atoms with Crippen molar-refractivity contribution in [1.82, 2.24) is 10.3 Å². The highest BCUT2D eigenvalue weighted by atomic mass is 19.4. The summed E-state index contributed by atoms with van der Waals surface area (Å²) in [6, 6.07) is 1.05. The highest BCUT2D eigenvalue weighted by molar-refractivity contribution is 5.97. The predicted octanol–water partition coefficient (Wildman–Crippen LogP) is 3.83. The Labute approximate surface area is 172 Å². The number of hydrogen-bond acceptors (Lipinski definition) is 5. The van der Waals surface area contributed by atoms with Crippen LogP contribution in [0.5, 0.6) is 11.5 Å². The Morgan fingerprint density at radius 1 is 1.17 bits per heavy atom. The third kappa shape index (κ3) is 7.59. The smallest absolute Gasteiger partial charge is 0.422 e. The van der Waals surface area contributed by atoms with Gasteiger partial charge >= 0.3 is 12.4 Å². The van der Waals surface area contributed by atoms with E-state index < -0.39 is 54.5 Å². The summed E-state index contributed by atoms with van der Waals surface area (Å²) in [5, 5.41) is 6.25. The molecule has 1 atom stereocenters. The molecular weight excluding hydrogens is 424 g/mol. The van der Waals surface area contributed by atoms with Gasteiger partial charge in [0.1, 0.15) is 11.5 Å². The summed E-state index contributed by atoms with van der Waals surface area (Å²) < 4.78 is 114. The minimum absolute atomic E-state index is 0.218. The van der Waals surface area contributed by atoms with Crippen molar-refractivity contribution in [3.05, 3.63) is 28.7 Å². The lowest BCUT2D eigenvalue weighted by molar-refractivity contribution is -0.154. The normalized spacial score (nSPS) is 20.3. The molecule has 1 unspecified atom stereocenters. The molecule has 7 nitrogen and oxygen atoms in total. The standard InChI is InChI=1S/C17H19F6N3O4/c18-16(19,20)9-29-12-4-5-14(30-10-17(21,22)23)13(7-12)15(27)24-8-11-3-1-2-6-26(11)25-28/h4-5,7,11H,1-3,6,8-10H2,(H,24,27)/i9D2,10D2. The molecule has 1 aliphatic rings. The van der Waals surface area contributed by atoms with Gasteiger partial charge in [0.25, 0.3) is 5.91 Å². The summed E-state index contributed by atoms with van der Waals surface area (Å²) in [5.74, 6) is -3.07. The second-order valence-corrected chi connectivity index (χ2v) is 6.17. The molecule has 1 amide bonds. The molecule has 0 aromatic heterocycles. The number of nitrogens with one attached hydrogen (secondary N) is 1. The molecule has 1 aromatic rings. The van der Waals surface area contributed by atoms with Crippen molar-refractivity contribution in [2.75, 3.05) is 26.2 Å². The van der Waals surface area contributed by atoms with Gasteiger partial charge < -0.3 is 14.8 Å². The summed E-state index contributed by atoms with van der Waals surface area (Å²) in [4.78, 5) is 23.6. The maximum atomic E-state index is 12.9. The molecule has 1 N–H and O–H groups in total. The third-order valence-electron chi connectivity index (χ3n) is 3.96. The highest BCUT2D eigenvalue weighted by Crippen LogP contribution is 2.28. The maximum Gasteiger partial charge on any atom is 0.422 e. The van der Waals surface area contributed by atoms with Crippen molar-refractivity contribution in [2.45, 2.75) is 37.7 Å². The Morgan fingerprint density at radius 3 is 2.47 bits per heavy atom. The molecular formula is C17H19F6N3O4. The van der Waals surface area contributed by atoms with Gasteiger partial charge in [-0.05, 0) is 37.5 Å². The van der Waals surface area contributed by atoms with Crippen LogP contribution in [0.1, 0.15) is 35.1 Å². The first-order chi connectivity index (χ1) is 15.5. The zero-order chi connectivity index (χ0) is 25.9. The van der Waals surface area contributed by atoms with Gasteiger partial charge in [0.2, 0.25) is 0 Å². The number of benzene rings is 1. The van der Waals surface area contributed by atoms with Crippen LogP contribution in [0.2, 0.25) is 0 Å². The molecule has 1 saturated heterocycles. The Balaban J connectivity index is 2.35. The minimum Gasteiger partial charge on any atom is -0.484 e. The van der Waals surface area contributed by atoms with Gasteiger partial charge in [-0.25, -0.2) is 0 Å². The number of amides is 1. The molecule has 0 bridgehead atoms. The van der Waals surface area contributed by atoms with E-state index in [-0.39, 0.29) is 6.54 Å². The van der Waals surface area contributed by atoms with Gasteiger partial charge in [-0.3, -0.25) is 9.80 Å². The molecule has 30 heavy (non-hydrogen) atoms. The van der Waals surface area contributed by atoms with E-state index in [1.165, 1.54) is 0 Å². The second-order valence-electron chi connectivity index (χ2n) is 6.17. The van der Waals surface area contributed by atoms with E-state index in [9.17, 15) is 36.0 Å². The van der Waals surface area contributed by atoms with E-state index >= 15 is 0 Å². The highest BCUT2D eigenvalue weighted by Gasteiger charge is 2.31. The van der Waals surface area contributed by atoms with Crippen LogP contribution in [0, 0.1) is 4.91 Å². The van der Waals surface area contributed by atoms with Crippen molar-refractivity contribution in [1.29, 1.82) is 0 Å². The lowest BCUT2D eigenvalue weighted by Gasteiger charge is -2.30. The van der Waals surface area contributed by atoms with Crippen molar-refractivity contribution >= 4 is 5.91 Å². The number of carbonyl (C=O) groups excluding carboxylic acids is 1. The molecule has 1 aromatic carbocycles. The van der Waals surface area contributed by atoms with Crippen molar-refractivity contribution in [3.63, 3.8) is 0 Å². The molecule has 13 heteroatoms. The van der Waals surface area contributed by atoms with Crippen LogP contribution in [0.3, 0.4) is 0 Å². The fourth-order valence-electron chi connectivity index (χ4n) is 2.67. The molecule has 0 aliphatic carbocycles. The van der Waals surface area contributed by atoms with Crippen LogP contribution in [0.15, 0.2) is 23.5 Å². The lowest BCUT2D eigenvalue weighted by Crippen LogP contribution is -2.43. The molecule has 0 saturated carbocycles. The van der Waals surface area contributed by atoms with E-state index in [1.54, 1.807) is 0 Å². The predicted molar refractivity (Wildman–Crippen MR) is 92.0 cm³/mol. The fraction of sp³-hybridized carbons (Fsp3) is 0.588. The number of rotatable bonds is 8. The Kier molecular flexibility index (Phi) is 5.93. The number of alkyl halides is 6. The van der Waals surface area contributed by atoms with Crippen molar-refractivity contribution < 1.29 is 46.1 Å². The molecule has 2 rings (SSSR count). The molecule has 1 aliphatic heterocycles. The van der Waals surface area contributed by atoms with E-state index in [0.717, 1.165) is 5.01 Å². The van der Waals surface area contributed by atoms with Crippen LogP contribution in [-0.2, 0) is 0 Å². The molecule has 0 spiro atoms. The topological polar surface area (TPSA) is 80.2 Å². The number of piperidine rings is 1. The van der Waals surface area contributed by atoms with Crippen LogP contribution in [0.25, 0.3) is 0 Å². The van der Waals surface area contributed by atoms with Crippen LogP contribution in [0.4, 0.5) is 26.3 Å². The van der Waals surface area contributed by atoms with E-state index in [1.807, 2.05) is 0 Å². The molecule has 0 radical (unpaired) electrons. The minimum atomic E-state index is -5.53. The Morgan fingerprint density at radius 2 is 1.83 bits per heavy atom. The number of nitrogens with zero attached hydrogens (tertiary/aromatic N) is 2. The monoisotopic (exact) mass is 447 g/mol. The summed E-state index contributed by atoms with van der Waals surface area (Å²) in [7, 11) is 0. The molecule has 1 fully saturated rings. The zero-order valence-electron chi connectivity index (χ0n) is 19.1. The van der Waals surface area contributed by atoms with Crippen LogP contribution in [-0.4, -0.2) is 55.5 Å². The molecule has 1 heterocycles. The quantitative estimate of drug-likeness (QED) is 0.484. The summed E-state index contributed by atoms with van der Waals surface area (Å²) in [6.07, 6.45) is -9.20. The number of ether oxygens (including phenoxy) is 2. The van der Waals surface area contributed by atoms with Gasteiger partial charge in [-0.15, -0.1) is 4.91 Å². The molecule has 168 valence electrons. The van der Waals surface area contributed by atoms with E-state index in [4.69, 9.17) is 5.48 Å². The average molecular weight is 447 g/mol. The fourth-order valence-corrected chi connectivity index (χ4v) is 2.67. The number of hydrogen-bond donors (Lipinski definition) is 1. The van der Waals surface area contributed by atoms with Crippen molar-refractivity contribution in [3.8, 4) is 11.5 Å². The van der Waals surface area contributed by atoms with E-state index in [2.05, 4.69) is 20.1 Å². The van der Waals surface area contributed by atoms with Crippen LogP contribution >= 0.6 is 0 Å². The second kappa shape index (κ2) is 9.85. The lowest BCUT2D eigenvalue weighted by atomic mass is 10.0. The van der Waals surface area contributed by atoms with Crippen molar-refractivity contribution in [2.24, 2.45) is 5.29 Å². The van der Waals surface area contributed by atoms with Gasteiger partial charge in [0.05, 0.1) is 22.4 Å². The first-order valence-electron chi connectivity index (χ1n) is 10.5.